The van der Waals surface area contributed by atoms with Crippen molar-refractivity contribution in [1.82, 2.24) is 14.9 Å². The molecule has 4 fully saturated rings. The van der Waals surface area contributed by atoms with Crippen molar-refractivity contribution in [2.24, 2.45) is 5.92 Å². The van der Waals surface area contributed by atoms with E-state index in [1.165, 1.54) is 13.2 Å². The van der Waals surface area contributed by atoms with E-state index in [2.05, 4.69) is 10.3 Å². The predicted molar refractivity (Wildman–Crippen MR) is 117 cm³/mol. The predicted octanol–water partition coefficient (Wildman–Crippen LogP) is 3.29. The molecule has 7 rings (SSSR count). The largest absolute Gasteiger partial charge is 0.502 e. The van der Waals surface area contributed by atoms with E-state index < -0.39 is 22.9 Å². The number of ether oxygens (including phenoxy) is 2. The van der Waals surface area contributed by atoms with Crippen LogP contribution in [0.25, 0.3) is 22.4 Å². The van der Waals surface area contributed by atoms with E-state index in [9.17, 15) is 15.0 Å². The number of fused-ring (bicyclic) bond motifs is 1. The number of amides is 1. The zero-order chi connectivity index (χ0) is 23.1. The van der Waals surface area contributed by atoms with Gasteiger partial charge in [-0.2, -0.15) is 0 Å². The summed E-state index contributed by atoms with van der Waals surface area (Å²) in [5.41, 5.74) is 1.15. The molecule has 4 aliphatic rings. The first kappa shape index (κ1) is 20.3. The molecule has 0 unspecified atom stereocenters. The van der Waals surface area contributed by atoms with E-state index in [0.29, 0.717) is 29.8 Å². The summed E-state index contributed by atoms with van der Waals surface area (Å²) in [5.74, 6) is -1.78. The van der Waals surface area contributed by atoms with Crippen molar-refractivity contribution >= 4 is 16.9 Å². The molecule has 3 N–H and O–H groups in total. The van der Waals surface area contributed by atoms with Crippen molar-refractivity contribution in [2.45, 2.75) is 37.3 Å². The highest BCUT2D eigenvalue weighted by molar-refractivity contribution is 5.98. The number of halogens is 1. The van der Waals surface area contributed by atoms with Crippen LogP contribution in [0.1, 0.15) is 36.5 Å². The molecule has 2 bridgehead atoms. The summed E-state index contributed by atoms with van der Waals surface area (Å²) >= 11 is 0. The number of hydrogen-bond donors (Lipinski definition) is 3. The highest BCUT2D eigenvalue weighted by Crippen LogP contribution is 2.57. The van der Waals surface area contributed by atoms with E-state index >= 15 is 4.39 Å². The number of nitrogens with one attached hydrogen (secondary N) is 1. The van der Waals surface area contributed by atoms with Gasteiger partial charge >= 0.3 is 0 Å². The van der Waals surface area contributed by atoms with Gasteiger partial charge in [-0.3, -0.25) is 4.79 Å². The van der Waals surface area contributed by atoms with Gasteiger partial charge in [-0.1, -0.05) is 0 Å². The minimum absolute atomic E-state index is 0.0219. The molecular weight excluding hydrogens is 429 g/mol. The molecule has 1 amide bonds. The van der Waals surface area contributed by atoms with E-state index in [1.54, 1.807) is 18.2 Å². The number of methoxy groups -OCH3 is 1. The summed E-state index contributed by atoms with van der Waals surface area (Å²) in [6.07, 6.45) is 3.14. The second kappa shape index (κ2) is 6.60. The molecule has 3 saturated carbocycles. The topological polar surface area (TPSA) is 106 Å². The van der Waals surface area contributed by atoms with Crippen LogP contribution in [0.5, 0.6) is 17.2 Å². The highest BCUT2D eigenvalue weighted by Gasteiger charge is 2.57. The summed E-state index contributed by atoms with van der Waals surface area (Å²) in [5, 5.41) is 23.3. The number of imidazole rings is 1. The Kier molecular flexibility index (Phi) is 4.06. The number of hydrogen-bond acceptors (Lipinski definition) is 6. The standard InChI is InChI=1S/C24H24FN3O5/c1-23(10-33-11-23)28-16-5-13(22(31)27-24-7-12(8-24)9-24)3-4-15(16)26-21(28)14-6-17(32-2)19(29)20(30)18(14)25/h3-6,12,29-30H,7-11H2,1-2H3,(H,27,31). The lowest BCUT2D eigenvalue weighted by Gasteiger charge is -2.61. The molecule has 172 valence electrons. The van der Waals surface area contributed by atoms with Gasteiger partial charge < -0.3 is 29.6 Å². The molecule has 0 spiro atoms. The number of rotatable bonds is 5. The van der Waals surface area contributed by atoms with Gasteiger partial charge in [0.05, 0.1) is 42.5 Å². The van der Waals surface area contributed by atoms with Crippen molar-refractivity contribution in [1.29, 1.82) is 0 Å². The van der Waals surface area contributed by atoms with E-state index in [-0.39, 0.29) is 28.6 Å². The lowest BCUT2D eigenvalue weighted by Crippen LogP contribution is -2.68. The van der Waals surface area contributed by atoms with Crippen molar-refractivity contribution in [3.8, 4) is 28.6 Å². The normalized spacial score (nSPS) is 24.5. The molecule has 1 saturated heterocycles. The Bertz CT molecular complexity index is 1310. The molecule has 1 aliphatic heterocycles. The third kappa shape index (κ3) is 2.78. The number of phenols is 2. The maximum Gasteiger partial charge on any atom is 0.251 e. The summed E-state index contributed by atoms with van der Waals surface area (Å²) < 4.78 is 27.5. The number of aromatic hydroxyl groups is 2. The molecular formula is C24H24FN3O5. The Labute approximate surface area is 188 Å². The molecule has 3 aliphatic carbocycles. The van der Waals surface area contributed by atoms with Crippen LogP contribution in [0.15, 0.2) is 24.3 Å². The summed E-state index contributed by atoms with van der Waals surface area (Å²) in [6, 6.07) is 6.53. The monoisotopic (exact) mass is 453 g/mol. The second-order valence-electron chi connectivity index (χ2n) is 9.81. The molecule has 2 heterocycles. The fourth-order valence-electron chi connectivity index (χ4n) is 5.34. The number of nitrogens with zero attached hydrogens (tertiary/aromatic N) is 2. The Morgan fingerprint density at radius 2 is 1.97 bits per heavy atom. The molecule has 0 atom stereocenters. The van der Waals surface area contributed by atoms with Gasteiger partial charge in [0, 0.05) is 11.1 Å². The minimum Gasteiger partial charge on any atom is -0.502 e. The van der Waals surface area contributed by atoms with Gasteiger partial charge in [0.2, 0.25) is 5.75 Å². The van der Waals surface area contributed by atoms with Crippen molar-refractivity contribution in [3.63, 3.8) is 0 Å². The lowest BCUT2D eigenvalue weighted by atomic mass is 9.50. The summed E-state index contributed by atoms with van der Waals surface area (Å²) in [4.78, 5) is 17.6. The number of phenolic OH excluding ortho intramolecular Hbond substituents is 2. The van der Waals surface area contributed by atoms with Crippen LogP contribution >= 0.6 is 0 Å². The van der Waals surface area contributed by atoms with E-state index in [4.69, 9.17) is 9.47 Å². The van der Waals surface area contributed by atoms with Crippen LogP contribution < -0.4 is 10.1 Å². The van der Waals surface area contributed by atoms with Crippen LogP contribution in [0.4, 0.5) is 4.39 Å². The van der Waals surface area contributed by atoms with Crippen LogP contribution in [0, 0.1) is 11.7 Å². The highest BCUT2D eigenvalue weighted by atomic mass is 19.1. The molecule has 3 aromatic rings. The van der Waals surface area contributed by atoms with Gasteiger partial charge in [-0.05, 0) is 56.4 Å². The van der Waals surface area contributed by atoms with Crippen molar-refractivity contribution < 1.29 is 28.9 Å². The van der Waals surface area contributed by atoms with E-state index in [0.717, 1.165) is 25.2 Å². The zero-order valence-corrected chi connectivity index (χ0v) is 18.3. The smallest absolute Gasteiger partial charge is 0.251 e. The van der Waals surface area contributed by atoms with Crippen LogP contribution in [-0.2, 0) is 10.3 Å². The molecule has 1 aromatic heterocycles. The fourth-order valence-corrected chi connectivity index (χ4v) is 5.34. The molecule has 9 heteroatoms. The maximum absolute atomic E-state index is 15.1. The minimum atomic E-state index is -1.00. The first-order valence-electron chi connectivity index (χ1n) is 11.0. The Morgan fingerprint density at radius 1 is 1.24 bits per heavy atom. The quantitative estimate of drug-likeness (QED) is 0.512. The Hall–Kier alpha value is -3.33. The number of aromatic nitrogens is 2. The summed E-state index contributed by atoms with van der Waals surface area (Å²) in [6.45, 7) is 2.73. The SMILES string of the molecule is COc1cc(-c2nc3ccc(C(=O)NC45CC(C4)C5)cc3n2C2(C)COC2)c(F)c(O)c1O. The molecule has 8 nitrogen and oxygen atoms in total. The maximum atomic E-state index is 15.1. The van der Waals surface area contributed by atoms with Crippen LogP contribution in [0.2, 0.25) is 0 Å². The molecule has 0 radical (unpaired) electrons. The van der Waals surface area contributed by atoms with Gasteiger partial charge in [-0.25, -0.2) is 9.37 Å². The second-order valence-corrected chi connectivity index (χ2v) is 9.81. The van der Waals surface area contributed by atoms with Gasteiger partial charge in [0.1, 0.15) is 5.82 Å². The van der Waals surface area contributed by atoms with Crippen LogP contribution in [-0.4, -0.2) is 51.5 Å². The average Bonchev–Trinajstić information content (AvgIpc) is 3.10. The van der Waals surface area contributed by atoms with E-state index in [1.807, 2.05) is 11.5 Å². The fraction of sp³-hybridized carbons (Fsp3) is 0.417. The van der Waals surface area contributed by atoms with Crippen molar-refractivity contribution in [3.05, 3.63) is 35.6 Å². The number of carbonyl (C=O) groups excluding carboxylic acids is 1. The lowest BCUT2D eigenvalue weighted by molar-refractivity contribution is -0.0868. The summed E-state index contributed by atoms with van der Waals surface area (Å²) in [7, 11) is 1.32. The Morgan fingerprint density at radius 3 is 2.55 bits per heavy atom. The van der Waals surface area contributed by atoms with Gasteiger partial charge in [0.25, 0.3) is 5.91 Å². The Balaban J connectivity index is 1.51. The first-order valence-corrected chi connectivity index (χ1v) is 11.0. The third-order valence-corrected chi connectivity index (χ3v) is 7.34. The molecule has 33 heavy (non-hydrogen) atoms. The first-order chi connectivity index (χ1) is 15.7. The number of carbonyl (C=O) groups is 1. The van der Waals surface area contributed by atoms with Crippen molar-refractivity contribution in [2.75, 3.05) is 20.3 Å². The van der Waals surface area contributed by atoms with Gasteiger partial charge in [-0.15, -0.1) is 0 Å². The number of benzene rings is 2. The van der Waals surface area contributed by atoms with Crippen LogP contribution in [0.3, 0.4) is 0 Å². The van der Waals surface area contributed by atoms with Gasteiger partial charge in [0.15, 0.2) is 17.3 Å². The zero-order valence-electron chi connectivity index (χ0n) is 18.3. The molecule has 2 aromatic carbocycles. The average molecular weight is 453 g/mol. The third-order valence-electron chi connectivity index (χ3n) is 7.34.